The molecule has 0 radical (unpaired) electrons. The Balaban J connectivity index is 1.21. The molecule has 11 rings (SSSR count). The molecule has 1 aliphatic heterocycles. The SMILES string of the molecule is Cc1cc(C)c(N2/C(=C\C=C3/C(=O)c4c(Cl)c(Cl)c(Cl)c(Cl)c4C3O)C3(CCCC3)c3cc4c(cc32)C2(c3ccccc3-c3ccccc32)c2ccccc2-4)c(C)c1. The van der Waals surface area contributed by atoms with Crippen LogP contribution in [0.25, 0.3) is 22.3 Å². The number of carbonyl (C=O) groups excluding carboxylic acids is 1. The predicted molar refractivity (Wildman–Crippen MR) is 238 cm³/mol. The summed E-state index contributed by atoms with van der Waals surface area (Å²) in [6, 6.07) is 36.3. The molecule has 6 aromatic carbocycles. The number of hydrogen-bond acceptors (Lipinski definition) is 3. The number of hydrogen-bond donors (Lipinski definition) is 1. The molecule has 1 fully saturated rings. The summed E-state index contributed by atoms with van der Waals surface area (Å²) in [5, 5.41) is 11.8. The van der Waals surface area contributed by atoms with Crippen molar-refractivity contribution in [3.05, 3.63) is 196 Å². The Bertz CT molecular complexity index is 2870. The van der Waals surface area contributed by atoms with Crippen LogP contribution in [0.3, 0.4) is 0 Å². The molecular weight excluding hydrogens is 800 g/mol. The Labute approximate surface area is 358 Å². The zero-order valence-electron chi connectivity index (χ0n) is 32.1. The number of aryl methyl sites for hydroxylation is 3. The molecule has 1 unspecified atom stereocenters. The number of allylic oxidation sites excluding steroid dienone is 3. The summed E-state index contributed by atoms with van der Waals surface area (Å²) >= 11 is 26.1. The van der Waals surface area contributed by atoms with E-state index in [0.29, 0.717) is 0 Å². The number of Topliss-reactive ketones (excluding diaryl/α,β-unsaturated/α-hetero) is 1. The van der Waals surface area contributed by atoms with Crippen LogP contribution in [-0.4, -0.2) is 10.9 Å². The number of anilines is 2. The number of halogens is 4. The molecule has 1 atom stereocenters. The molecular formula is C51H37Cl4NO2. The average molecular weight is 838 g/mol. The minimum Gasteiger partial charge on any atom is -0.383 e. The number of aliphatic hydroxyl groups is 1. The lowest BCUT2D eigenvalue weighted by molar-refractivity contribution is 0.101. The van der Waals surface area contributed by atoms with Gasteiger partial charge in [0, 0.05) is 22.2 Å². The Kier molecular flexibility index (Phi) is 7.98. The van der Waals surface area contributed by atoms with Gasteiger partial charge >= 0.3 is 0 Å². The third kappa shape index (κ3) is 4.49. The van der Waals surface area contributed by atoms with E-state index in [4.69, 9.17) is 46.4 Å². The van der Waals surface area contributed by atoms with Gasteiger partial charge in [-0.25, -0.2) is 0 Å². The first-order chi connectivity index (χ1) is 28.0. The average Bonchev–Trinajstić information content (AvgIpc) is 4.00. The van der Waals surface area contributed by atoms with E-state index in [9.17, 15) is 9.90 Å². The first-order valence-corrected chi connectivity index (χ1v) is 21.4. The van der Waals surface area contributed by atoms with E-state index in [0.717, 1.165) is 42.8 Å². The standard InChI is InChI=1S/C51H37Cl4NO2/c1-26-22-27(2)47(28(3)23-26)56-39-25-37-33(31-14-6-9-17-36(31)51(37)34-15-7-4-12-29(34)30-13-5-8-16-35(30)51)24-38(39)50(20-10-11-21-50)40(56)19-18-32-48(57)41-42(49(32)58)44(53)46(55)45(54)43(41)52/h4-9,12-19,22-25,48,57H,10-11,20-21H2,1-3H3/b32-18-,40-19-. The first kappa shape index (κ1) is 36.5. The number of benzene rings is 6. The van der Waals surface area contributed by atoms with Gasteiger partial charge in [-0.3, -0.25) is 4.79 Å². The second-order valence-electron chi connectivity index (χ2n) is 16.6. The van der Waals surface area contributed by atoms with Gasteiger partial charge in [0.05, 0.1) is 42.4 Å². The Hall–Kier alpha value is -4.61. The van der Waals surface area contributed by atoms with Crippen LogP contribution in [-0.2, 0) is 10.8 Å². The fraction of sp³-hybridized carbons (Fsp3) is 0.196. The van der Waals surface area contributed by atoms with Crippen LogP contribution in [0.2, 0.25) is 20.1 Å². The van der Waals surface area contributed by atoms with E-state index in [2.05, 4.69) is 129 Å². The minimum absolute atomic E-state index is 0.000195. The number of rotatable bonds is 2. The van der Waals surface area contributed by atoms with E-state index < -0.39 is 17.3 Å². The maximum atomic E-state index is 14.2. The van der Waals surface area contributed by atoms with E-state index in [1.165, 1.54) is 66.8 Å². The normalized spacial score (nSPS) is 20.0. The van der Waals surface area contributed by atoms with Gasteiger partial charge in [0.1, 0.15) is 6.10 Å². The minimum atomic E-state index is -1.32. The molecule has 0 amide bonds. The maximum absolute atomic E-state index is 14.2. The van der Waals surface area contributed by atoms with Crippen molar-refractivity contribution in [1.82, 2.24) is 0 Å². The Morgan fingerprint density at radius 2 is 1.17 bits per heavy atom. The van der Waals surface area contributed by atoms with Gasteiger partial charge in [0.2, 0.25) is 0 Å². The summed E-state index contributed by atoms with van der Waals surface area (Å²) in [6.45, 7) is 6.53. The van der Waals surface area contributed by atoms with Gasteiger partial charge < -0.3 is 10.0 Å². The lowest BCUT2D eigenvalue weighted by Gasteiger charge is -2.32. The van der Waals surface area contributed by atoms with Gasteiger partial charge in [-0.05, 0) is 113 Å². The van der Waals surface area contributed by atoms with Crippen molar-refractivity contribution in [2.75, 3.05) is 4.90 Å². The molecule has 0 bridgehead atoms. The zero-order chi connectivity index (χ0) is 40.0. The molecule has 5 aliphatic rings. The van der Waals surface area contributed by atoms with Crippen LogP contribution < -0.4 is 4.90 Å². The fourth-order valence-corrected chi connectivity index (χ4v) is 12.6. The Morgan fingerprint density at radius 3 is 1.76 bits per heavy atom. The molecule has 7 heteroatoms. The molecule has 1 saturated carbocycles. The first-order valence-electron chi connectivity index (χ1n) is 19.9. The lowest BCUT2D eigenvalue weighted by atomic mass is 9.70. The van der Waals surface area contributed by atoms with Crippen LogP contribution in [0.5, 0.6) is 0 Å². The summed E-state index contributed by atoms with van der Waals surface area (Å²) in [7, 11) is 0. The highest BCUT2D eigenvalue weighted by atomic mass is 35.5. The highest BCUT2D eigenvalue weighted by Gasteiger charge is 2.55. The second kappa shape index (κ2) is 12.7. The molecule has 0 saturated heterocycles. The van der Waals surface area contributed by atoms with Crippen LogP contribution in [0.4, 0.5) is 11.4 Å². The third-order valence-corrected chi connectivity index (χ3v) is 15.5. The van der Waals surface area contributed by atoms with Gasteiger partial charge in [-0.1, -0.05) is 156 Å². The lowest BCUT2D eigenvalue weighted by Crippen LogP contribution is -2.27. The highest BCUT2D eigenvalue weighted by Crippen LogP contribution is 2.67. The molecule has 286 valence electrons. The molecule has 0 aromatic heterocycles. The summed E-state index contributed by atoms with van der Waals surface area (Å²) in [4.78, 5) is 16.6. The monoisotopic (exact) mass is 835 g/mol. The predicted octanol–water partition coefficient (Wildman–Crippen LogP) is 14.3. The van der Waals surface area contributed by atoms with Crippen molar-refractivity contribution >= 4 is 63.6 Å². The van der Waals surface area contributed by atoms with E-state index in [-0.39, 0.29) is 42.2 Å². The van der Waals surface area contributed by atoms with Crippen LogP contribution >= 0.6 is 46.4 Å². The number of fused-ring (bicyclic) bond motifs is 13. The van der Waals surface area contributed by atoms with Crippen molar-refractivity contribution in [2.24, 2.45) is 0 Å². The summed E-state index contributed by atoms with van der Waals surface area (Å²) in [6.07, 6.45) is 6.58. The van der Waals surface area contributed by atoms with Crippen molar-refractivity contribution in [3.63, 3.8) is 0 Å². The van der Waals surface area contributed by atoms with Gasteiger partial charge in [0.25, 0.3) is 0 Å². The van der Waals surface area contributed by atoms with Gasteiger partial charge in [-0.2, -0.15) is 0 Å². The van der Waals surface area contributed by atoms with E-state index >= 15 is 0 Å². The molecule has 1 N–H and O–H groups in total. The topological polar surface area (TPSA) is 40.5 Å². The zero-order valence-corrected chi connectivity index (χ0v) is 35.1. The largest absolute Gasteiger partial charge is 0.383 e. The fourth-order valence-electron chi connectivity index (χ4n) is 11.6. The highest BCUT2D eigenvalue weighted by molar-refractivity contribution is 6.53. The van der Waals surface area contributed by atoms with Gasteiger partial charge in [0.15, 0.2) is 5.78 Å². The smallest absolute Gasteiger partial charge is 0.193 e. The second-order valence-corrected chi connectivity index (χ2v) is 18.1. The van der Waals surface area contributed by atoms with Crippen LogP contribution in [0.15, 0.2) is 120 Å². The maximum Gasteiger partial charge on any atom is 0.193 e. The molecule has 58 heavy (non-hydrogen) atoms. The molecule has 6 aromatic rings. The van der Waals surface area contributed by atoms with Gasteiger partial charge in [-0.15, -0.1) is 0 Å². The number of ketones is 1. The molecule has 4 aliphatic carbocycles. The molecule has 2 spiro atoms. The summed E-state index contributed by atoms with van der Waals surface area (Å²) in [5.74, 6) is -0.411. The van der Waals surface area contributed by atoms with E-state index in [1.54, 1.807) is 6.08 Å². The van der Waals surface area contributed by atoms with Crippen LogP contribution in [0.1, 0.15) is 92.2 Å². The van der Waals surface area contributed by atoms with Crippen LogP contribution in [0, 0.1) is 20.8 Å². The number of nitrogens with zero attached hydrogens (tertiary/aromatic N) is 1. The Morgan fingerprint density at radius 1 is 0.638 bits per heavy atom. The number of carbonyl (C=O) groups is 1. The summed E-state index contributed by atoms with van der Waals surface area (Å²) in [5.41, 5.74) is 18.1. The van der Waals surface area contributed by atoms with Crippen molar-refractivity contribution < 1.29 is 9.90 Å². The molecule has 3 nitrogen and oxygen atoms in total. The quantitative estimate of drug-likeness (QED) is 0.107. The van der Waals surface area contributed by atoms with E-state index in [1.807, 2.05) is 0 Å². The number of aliphatic hydroxyl groups excluding tert-OH is 1. The van der Waals surface area contributed by atoms with Crippen molar-refractivity contribution in [1.29, 1.82) is 0 Å². The molecule has 1 heterocycles. The van der Waals surface area contributed by atoms with Crippen molar-refractivity contribution in [3.8, 4) is 22.3 Å². The third-order valence-electron chi connectivity index (χ3n) is 13.7. The summed E-state index contributed by atoms with van der Waals surface area (Å²) < 4.78 is 0. The van der Waals surface area contributed by atoms with Crippen molar-refractivity contribution in [2.45, 2.75) is 63.4 Å².